The zero-order chi connectivity index (χ0) is 15.1. The van der Waals surface area contributed by atoms with Gasteiger partial charge in [-0.25, -0.2) is 4.39 Å². The minimum Gasteiger partial charge on any atom is -0.383 e. The first-order valence-electron chi connectivity index (χ1n) is 7.17. The number of carbonyl (C=O) groups is 1. The minimum atomic E-state index is -0.274. The summed E-state index contributed by atoms with van der Waals surface area (Å²) in [7, 11) is 1.62. The second-order valence-corrected chi connectivity index (χ2v) is 5.03. The number of ether oxygens (including phenoxy) is 1. The summed E-state index contributed by atoms with van der Waals surface area (Å²) in [6.45, 7) is 3.52. The van der Waals surface area contributed by atoms with Crippen molar-refractivity contribution in [2.24, 2.45) is 0 Å². The van der Waals surface area contributed by atoms with Crippen molar-refractivity contribution < 1.29 is 13.9 Å². The van der Waals surface area contributed by atoms with Crippen LogP contribution in [0, 0.1) is 5.82 Å². The molecule has 1 unspecified atom stereocenters. The quantitative estimate of drug-likeness (QED) is 0.752. The van der Waals surface area contributed by atoms with Crippen LogP contribution in [0.5, 0.6) is 0 Å². The molecular formula is C15H22FN3O2. The number of methoxy groups -OCH3 is 1. The van der Waals surface area contributed by atoms with E-state index in [1.54, 1.807) is 13.2 Å². The van der Waals surface area contributed by atoms with Crippen LogP contribution in [0.2, 0.25) is 0 Å². The van der Waals surface area contributed by atoms with Crippen LogP contribution in [0.15, 0.2) is 24.3 Å². The van der Waals surface area contributed by atoms with Crippen LogP contribution in [0.25, 0.3) is 0 Å². The van der Waals surface area contributed by atoms with Gasteiger partial charge in [0.15, 0.2) is 0 Å². The molecule has 0 bridgehead atoms. The molecule has 1 amide bonds. The molecule has 1 aromatic rings. The lowest BCUT2D eigenvalue weighted by Gasteiger charge is -2.36. The molecule has 1 aliphatic rings. The highest BCUT2D eigenvalue weighted by Gasteiger charge is 2.27. The molecule has 0 aromatic heterocycles. The van der Waals surface area contributed by atoms with Crippen molar-refractivity contribution in [3.8, 4) is 0 Å². The van der Waals surface area contributed by atoms with Gasteiger partial charge in [0, 0.05) is 33.3 Å². The van der Waals surface area contributed by atoms with Crippen molar-refractivity contribution in [3.05, 3.63) is 35.6 Å². The highest BCUT2D eigenvalue weighted by Crippen LogP contribution is 2.22. The van der Waals surface area contributed by atoms with E-state index < -0.39 is 0 Å². The van der Waals surface area contributed by atoms with Gasteiger partial charge in [-0.15, -0.1) is 0 Å². The third kappa shape index (κ3) is 4.49. The van der Waals surface area contributed by atoms with Crippen LogP contribution in [-0.4, -0.2) is 57.2 Å². The van der Waals surface area contributed by atoms with E-state index in [2.05, 4.69) is 10.6 Å². The monoisotopic (exact) mass is 295 g/mol. The molecule has 2 N–H and O–H groups in total. The first kappa shape index (κ1) is 15.9. The van der Waals surface area contributed by atoms with Crippen molar-refractivity contribution in [3.63, 3.8) is 0 Å². The maximum absolute atomic E-state index is 13.4. The molecule has 0 saturated carbocycles. The summed E-state index contributed by atoms with van der Waals surface area (Å²) in [5.74, 6) is -0.245. The molecule has 21 heavy (non-hydrogen) atoms. The summed E-state index contributed by atoms with van der Waals surface area (Å²) in [4.78, 5) is 14.1. The first-order chi connectivity index (χ1) is 10.2. The Morgan fingerprint density at radius 3 is 3.19 bits per heavy atom. The van der Waals surface area contributed by atoms with E-state index in [9.17, 15) is 9.18 Å². The molecule has 5 nitrogen and oxygen atoms in total. The molecule has 0 aliphatic carbocycles. The Morgan fingerprint density at radius 2 is 2.43 bits per heavy atom. The predicted octanol–water partition coefficient (Wildman–Crippen LogP) is 0.535. The Hall–Kier alpha value is -1.50. The topological polar surface area (TPSA) is 53.6 Å². The normalized spacial score (nSPS) is 18.8. The molecule has 1 fully saturated rings. The third-order valence-electron chi connectivity index (χ3n) is 3.56. The Balaban J connectivity index is 2.00. The van der Waals surface area contributed by atoms with Crippen molar-refractivity contribution in [2.75, 3.05) is 46.4 Å². The van der Waals surface area contributed by atoms with Gasteiger partial charge in [0.25, 0.3) is 0 Å². The lowest BCUT2D eigenvalue weighted by Crippen LogP contribution is -2.51. The smallest absolute Gasteiger partial charge is 0.237 e. The number of halogens is 1. The fourth-order valence-electron chi connectivity index (χ4n) is 2.49. The van der Waals surface area contributed by atoms with E-state index in [0.717, 1.165) is 12.1 Å². The summed E-state index contributed by atoms with van der Waals surface area (Å²) in [6.07, 6.45) is 0. The molecular weight excluding hydrogens is 273 g/mol. The van der Waals surface area contributed by atoms with E-state index >= 15 is 0 Å². The van der Waals surface area contributed by atoms with Crippen molar-refractivity contribution in [1.82, 2.24) is 15.5 Å². The van der Waals surface area contributed by atoms with E-state index in [0.29, 0.717) is 26.2 Å². The predicted molar refractivity (Wildman–Crippen MR) is 78.5 cm³/mol. The summed E-state index contributed by atoms with van der Waals surface area (Å²) in [6, 6.07) is 6.33. The molecule has 1 heterocycles. The van der Waals surface area contributed by atoms with Crippen molar-refractivity contribution >= 4 is 5.91 Å². The number of nitrogens with zero attached hydrogens (tertiary/aromatic N) is 1. The van der Waals surface area contributed by atoms with Gasteiger partial charge in [-0.2, -0.15) is 0 Å². The fraction of sp³-hybridized carbons (Fsp3) is 0.533. The molecule has 1 saturated heterocycles. The fourth-order valence-corrected chi connectivity index (χ4v) is 2.49. The maximum Gasteiger partial charge on any atom is 0.237 e. The van der Waals surface area contributed by atoms with E-state index in [1.807, 2.05) is 11.0 Å². The van der Waals surface area contributed by atoms with Gasteiger partial charge >= 0.3 is 0 Å². The van der Waals surface area contributed by atoms with Gasteiger partial charge < -0.3 is 20.3 Å². The number of carbonyl (C=O) groups excluding carboxylic acids is 1. The minimum absolute atomic E-state index is 0.0295. The van der Waals surface area contributed by atoms with Gasteiger partial charge in [-0.1, -0.05) is 12.1 Å². The third-order valence-corrected chi connectivity index (χ3v) is 3.56. The maximum atomic E-state index is 13.4. The van der Waals surface area contributed by atoms with E-state index in [1.165, 1.54) is 12.1 Å². The average Bonchev–Trinajstić information content (AvgIpc) is 2.51. The molecule has 0 radical (unpaired) electrons. The molecule has 6 heteroatoms. The lowest BCUT2D eigenvalue weighted by molar-refractivity contribution is -0.133. The second-order valence-electron chi connectivity index (χ2n) is 5.03. The Kier molecular flexibility index (Phi) is 6.10. The van der Waals surface area contributed by atoms with Crippen LogP contribution in [0.3, 0.4) is 0 Å². The lowest BCUT2D eigenvalue weighted by atomic mass is 10.0. The molecule has 0 spiro atoms. The standard InChI is InChI=1S/C15H22FN3O2/c1-21-8-6-18-11-15(20)19-7-5-17-10-14(19)12-3-2-4-13(16)9-12/h2-4,9,14,17-18H,5-8,10-11H2,1H3. The number of benzene rings is 1. The molecule has 2 rings (SSSR count). The van der Waals surface area contributed by atoms with Crippen molar-refractivity contribution in [1.29, 1.82) is 0 Å². The van der Waals surface area contributed by atoms with Crippen LogP contribution in [-0.2, 0) is 9.53 Å². The number of nitrogens with one attached hydrogen (secondary N) is 2. The summed E-state index contributed by atoms with van der Waals surface area (Å²) in [5.41, 5.74) is 0.826. The highest BCUT2D eigenvalue weighted by atomic mass is 19.1. The van der Waals surface area contributed by atoms with Gasteiger partial charge in [0.1, 0.15) is 5.82 Å². The zero-order valence-corrected chi connectivity index (χ0v) is 12.3. The number of rotatable bonds is 6. The number of amides is 1. The van der Waals surface area contributed by atoms with Crippen LogP contribution >= 0.6 is 0 Å². The summed E-state index contributed by atoms with van der Waals surface area (Å²) in [5, 5.41) is 6.31. The Labute approximate surface area is 124 Å². The number of piperazine rings is 1. The average molecular weight is 295 g/mol. The summed E-state index contributed by atoms with van der Waals surface area (Å²) < 4.78 is 18.3. The van der Waals surface area contributed by atoms with Gasteiger partial charge in [-0.05, 0) is 17.7 Å². The Bertz CT molecular complexity index is 470. The summed E-state index contributed by atoms with van der Waals surface area (Å²) >= 11 is 0. The SMILES string of the molecule is COCCNCC(=O)N1CCNCC1c1cccc(F)c1. The van der Waals surface area contributed by atoms with Crippen LogP contribution < -0.4 is 10.6 Å². The van der Waals surface area contributed by atoms with E-state index in [-0.39, 0.29) is 24.3 Å². The van der Waals surface area contributed by atoms with Crippen molar-refractivity contribution in [2.45, 2.75) is 6.04 Å². The van der Waals surface area contributed by atoms with Gasteiger partial charge in [0.2, 0.25) is 5.91 Å². The number of hydrogen-bond donors (Lipinski definition) is 2. The van der Waals surface area contributed by atoms with Gasteiger partial charge in [-0.3, -0.25) is 4.79 Å². The van der Waals surface area contributed by atoms with Crippen LogP contribution in [0.1, 0.15) is 11.6 Å². The molecule has 116 valence electrons. The molecule has 1 aliphatic heterocycles. The molecule has 1 aromatic carbocycles. The first-order valence-corrected chi connectivity index (χ1v) is 7.17. The van der Waals surface area contributed by atoms with Gasteiger partial charge in [0.05, 0.1) is 19.2 Å². The largest absolute Gasteiger partial charge is 0.383 e. The second kappa shape index (κ2) is 8.07. The Morgan fingerprint density at radius 1 is 1.57 bits per heavy atom. The highest BCUT2D eigenvalue weighted by molar-refractivity contribution is 5.79. The van der Waals surface area contributed by atoms with Crippen LogP contribution in [0.4, 0.5) is 4.39 Å². The number of hydrogen-bond acceptors (Lipinski definition) is 4. The zero-order valence-electron chi connectivity index (χ0n) is 12.3. The molecule has 1 atom stereocenters. The van der Waals surface area contributed by atoms with E-state index in [4.69, 9.17) is 4.74 Å².